The van der Waals surface area contributed by atoms with E-state index in [4.69, 9.17) is 9.26 Å². The molecule has 0 aliphatic heterocycles. The fraction of sp³-hybridized carbons (Fsp3) is 0.412. The first-order valence-electron chi connectivity index (χ1n) is 8.09. The van der Waals surface area contributed by atoms with Crippen LogP contribution >= 0.6 is 0 Å². The number of methoxy groups -OCH3 is 1. The molecule has 7 heteroatoms. The molecule has 0 aliphatic carbocycles. The Kier molecular flexibility index (Phi) is 5.00. The van der Waals surface area contributed by atoms with E-state index in [1.54, 1.807) is 7.11 Å². The van der Waals surface area contributed by atoms with Crippen molar-refractivity contribution in [2.75, 3.05) is 7.11 Å². The highest BCUT2D eigenvalue weighted by Gasteiger charge is 2.23. The van der Waals surface area contributed by atoms with Crippen LogP contribution in [0.15, 0.2) is 34.9 Å². The standard InChI is InChI=1S/C17H21N5O2/c1-4-13-15(19-21-22(13)5-2)17-18-16(20-24-17)14(23-3)11-12-9-7-6-8-10-12/h6-10,14H,4-5,11H2,1-3H3. The summed E-state index contributed by atoms with van der Waals surface area (Å²) in [4.78, 5) is 4.49. The third-order valence-electron chi connectivity index (χ3n) is 3.95. The minimum atomic E-state index is -0.267. The summed E-state index contributed by atoms with van der Waals surface area (Å²) in [6, 6.07) is 10.1. The summed E-state index contributed by atoms with van der Waals surface area (Å²) in [6.07, 6.45) is 1.21. The van der Waals surface area contributed by atoms with Crippen LogP contribution in [0.4, 0.5) is 0 Å². The van der Waals surface area contributed by atoms with Gasteiger partial charge in [0.05, 0.1) is 5.69 Å². The molecule has 0 N–H and O–H groups in total. The Morgan fingerprint density at radius 3 is 2.67 bits per heavy atom. The molecule has 3 aromatic rings. The molecule has 0 bridgehead atoms. The van der Waals surface area contributed by atoms with Gasteiger partial charge in [-0.25, -0.2) is 4.68 Å². The SMILES string of the molecule is CCc1c(-c2nc(C(Cc3ccccc3)OC)no2)nnn1CC. The molecule has 0 saturated carbocycles. The quantitative estimate of drug-likeness (QED) is 0.664. The zero-order chi connectivity index (χ0) is 16.9. The third-order valence-corrected chi connectivity index (χ3v) is 3.95. The van der Waals surface area contributed by atoms with E-state index < -0.39 is 0 Å². The van der Waals surface area contributed by atoms with Crippen LogP contribution in [0.25, 0.3) is 11.6 Å². The number of aromatic nitrogens is 5. The molecule has 0 aliphatic rings. The van der Waals surface area contributed by atoms with Crippen molar-refractivity contribution in [2.45, 2.75) is 39.3 Å². The molecular weight excluding hydrogens is 306 g/mol. The van der Waals surface area contributed by atoms with E-state index in [2.05, 4.69) is 39.5 Å². The van der Waals surface area contributed by atoms with Gasteiger partial charge in [-0.3, -0.25) is 0 Å². The topological polar surface area (TPSA) is 78.9 Å². The summed E-state index contributed by atoms with van der Waals surface area (Å²) in [5.41, 5.74) is 2.79. The van der Waals surface area contributed by atoms with Gasteiger partial charge in [0.1, 0.15) is 6.10 Å². The molecule has 0 spiro atoms. The number of hydrogen-bond donors (Lipinski definition) is 0. The summed E-state index contributed by atoms with van der Waals surface area (Å²) in [5, 5.41) is 12.4. The minimum Gasteiger partial charge on any atom is -0.373 e. The zero-order valence-electron chi connectivity index (χ0n) is 14.1. The van der Waals surface area contributed by atoms with E-state index in [9.17, 15) is 0 Å². The maximum absolute atomic E-state index is 5.55. The Hall–Kier alpha value is -2.54. The van der Waals surface area contributed by atoms with E-state index in [0.717, 1.165) is 24.2 Å². The second-order valence-electron chi connectivity index (χ2n) is 5.43. The molecule has 1 atom stereocenters. The van der Waals surface area contributed by atoms with Crippen molar-refractivity contribution in [1.29, 1.82) is 0 Å². The van der Waals surface area contributed by atoms with E-state index in [1.165, 1.54) is 0 Å². The van der Waals surface area contributed by atoms with Gasteiger partial charge in [0, 0.05) is 20.1 Å². The smallest absolute Gasteiger partial charge is 0.280 e. The highest BCUT2D eigenvalue weighted by atomic mass is 16.5. The predicted molar refractivity (Wildman–Crippen MR) is 88.3 cm³/mol. The van der Waals surface area contributed by atoms with Gasteiger partial charge in [0.2, 0.25) is 5.82 Å². The van der Waals surface area contributed by atoms with Gasteiger partial charge in [0.15, 0.2) is 5.69 Å². The Labute approximate surface area is 140 Å². The Balaban J connectivity index is 1.85. The second-order valence-corrected chi connectivity index (χ2v) is 5.43. The van der Waals surface area contributed by atoms with Crippen molar-refractivity contribution >= 4 is 0 Å². The highest BCUT2D eigenvalue weighted by Crippen LogP contribution is 2.24. The lowest BCUT2D eigenvalue weighted by atomic mass is 10.1. The summed E-state index contributed by atoms with van der Waals surface area (Å²) in [5.74, 6) is 0.904. The molecule has 2 heterocycles. The first-order chi connectivity index (χ1) is 11.8. The Morgan fingerprint density at radius 1 is 1.21 bits per heavy atom. The number of aryl methyl sites for hydroxylation is 1. The summed E-state index contributed by atoms with van der Waals surface area (Å²) >= 11 is 0. The Bertz CT molecular complexity index is 781. The molecule has 0 fully saturated rings. The maximum Gasteiger partial charge on any atom is 0.280 e. The van der Waals surface area contributed by atoms with Gasteiger partial charge in [0.25, 0.3) is 5.89 Å². The first kappa shape index (κ1) is 16.3. The highest BCUT2D eigenvalue weighted by molar-refractivity contribution is 5.49. The van der Waals surface area contributed by atoms with Crippen molar-refractivity contribution in [2.24, 2.45) is 0 Å². The molecule has 0 amide bonds. The van der Waals surface area contributed by atoms with Crippen LogP contribution in [0.1, 0.15) is 37.0 Å². The molecule has 7 nitrogen and oxygen atoms in total. The number of ether oxygens (including phenoxy) is 1. The second kappa shape index (κ2) is 7.35. The molecule has 3 rings (SSSR count). The van der Waals surface area contributed by atoms with Crippen LogP contribution in [-0.2, 0) is 24.1 Å². The van der Waals surface area contributed by atoms with Gasteiger partial charge in [-0.05, 0) is 18.9 Å². The lowest BCUT2D eigenvalue weighted by Crippen LogP contribution is -2.07. The van der Waals surface area contributed by atoms with Crippen molar-refractivity contribution in [3.8, 4) is 11.6 Å². The van der Waals surface area contributed by atoms with Gasteiger partial charge >= 0.3 is 0 Å². The van der Waals surface area contributed by atoms with Crippen LogP contribution < -0.4 is 0 Å². The van der Waals surface area contributed by atoms with Gasteiger partial charge < -0.3 is 9.26 Å². The summed E-state index contributed by atoms with van der Waals surface area (Å²) in [6.45, 7) is 4.84. The normalized spacial score (nSPS) is 12.5. The van der Waals surface area contributed by atoms with E-state index in [0.29, 0.717) is 23.8 Å². The molecule has 0 saturated heterocycles. The van der Waals surface area contributed by atoms with Crippen molar-refractivity contribution in [3.05, 3.63) is 47.4 Å². The van der Waals surface area contributed by atoms with E-state index in [1.807, 2.05) is 29.8 Å². The first-order valence-corrected chi connectivity index (χ1v) is 8.09. The number of benzene rings is 1. The van der Waals surface area contributed by atoms with Crippen LogP contribution in [0.2, 0.25) is 0 Å². The molecule has 1 aromatic carbocycles. The average molecular weight is 327 g/mol. The lowest BCUT2D eigenvalue weighted by molar-refractivity contribution is 0.0938. The lowest BCUT2D eigenvalue weighted by Gasteiger charge is -2.10. The number of rotatable bonds is 7. The van der Waals surface area contributed by atoms with E-state index in [-0.39, 0.29) is 6.10 Å². The monoisotopic (exact) mass is 327 g/mol. The molecular formula is C17H21N5O2. The van der Waals surface area contributed by atoms with Crippen LogP contribution in [-0.4, -0.2) is 32.2 Å². The largest absolute Gasteiger partial charge is 0.373 e. The summed E-state index contributed by atoms with van der Waals surface area (Å²) < 4.78 is 12.8. The fourth-order valence-electron chi connectivity index (χ4n) is 2.67. The van der Waals surface area contributed by atoms with Gasteiger partial charge in [-0.1, -0.05) is 47.6 Å². The number of hydrogen-bond acceptors (Lipinski definition) is 6. The van der Waals surface area contributed by atoms with Crippen LogP contribution in [0.3, 0.4) is 0 Å². The van der Waals surface area contributed by atoms with Crippen LogP contribution in [0, 0.1) is 0 Å². The van der Waals surface area contributed by atoms with Crippen molar-refractivity contribution < 1.29 is 9.26 Å². The summed E-state index contributed by atoms with van der Waals surface area (Å²) in [7, 11) is 1.65. The fourth-order valence-corrected chi connectivity index (χ4v) is 2.67. The molecule has 24 heavy (non-hydrogen) atoms. The van der Waals surface area contributed by atoms with E-state index >= 15 is 0 Å². The predicted octanol–water partition coefficient (Wildman–Crippen LogP) is 2.84. The van der Waals surface area contributed by atoms with Gasteiger partial charge in [-0.2, -0.15) is 4.98 Å². The molecule has 0 radical (unpaired) electrons. The minimum absolute atomic E-state index is 0.267. The van der Waals surface area contributed by atoms with Gasteiger partial charge in [-0.15, -0.1) is 5.10 Å². The van der Waals surface area contributed by atoms with Crippen molar-refractivity contribution in [3.63, 3.8) is 0 Å². The Morgan fingerprint density at radius 2 is 2.00 bits per heavy atom. The number of nitrogens with zero attached hydrogens (tertiary/aromatic N) is 5. The maximum atomic E-state index is 5.55. The molecule has 1 unspecified atom stereocenters. The average Bonchev–Trinajstić information content (AvgIpc) is 3.26. The zero-order valence-corrected chi connectivity index (χ0v) is 14.1. The molecule has 126 valence electrons. The molecule has 2 aromatic heterocycles. The van der Waals surface area contributed by atoms with Crippen LogP contribution in [0.5, 0.6) is 0 Å². The third kappa shape index (κ3) is 3.21. The van der Waals surface area contributed by atoms with Crippen molar-refractivity contribution in [1.82, 2.24) is 25.1 Å².